The first-order valence-electron chi connectivity index (χ1n) is 8.46. The highest BCUT2D eigenvalue weighted by Gasteiger charge is 2.14. The maximum absolute atomic E-state index is 13.7. The molecule has 28 heavy (non-hydrogen) atoms. The van der Waals surface area contributed by atoms with Crippen LogP contribution in [0.25, 0.3) is 16.9 Å². The second-order valence-electron chi connectivity index (χ2n) is 6.18. The number of anilines is 1. The lowest BCUT2D eigenvalue weighted by molar-refractivity contribution is 0.102. The SMILES string of the molecule is COc1ccc(F)cc1-c1cc(NC(=O)c2cn3ccc(C)cc3n2)ncn1. The van der Waals surface area contributed by atoms with E-state index in [0.717, 1.165) is 5.56 Å². The number of ether oxygens (including phenoxy) is 1. The van der Waals surface area contributed by atoms with Crippen molar-refractivity contribution >= 4 is 17.4 Å². The fraction of sp³-hybridized carbons (Fsp3) is 0.100. The van der Waals surface area contributed by atoms with Gasteiger partial charge in [-0.15, -0.1) is 0 Å². The molecule has 1 aromatic carbocycles. The molecule has 0 aliphatic carbocycles. The fourth-order valence-corrected chi connectivity index (χ4v) is 2.83. The van der Waals surface area contributed by atoms with Crippen molar-refractivity contribution in [3.63, 3.8) is 0 Å². The standard InChI is InChI=1S/C20H16FN5O2/c1-12-5-6-26-10-16(24-19(26)7-12)20(27)25-18-9-15(22-11-23-18)14-8-13(21)3-4-17(14)28-2/h3-11H,1-2H3,(H,22,23,25,27). The summed E-state index contributed by atoms with van der Waals surface area (Å²) < 4.78 is 20.7. The van der Waals surface area contributed by atoms with Gasteiger partial charge in [-0.1, -0.05) is 0 Å². The Balaban J connectivity index is 1.62. The Morgan fingerprint density at radius 1 is 1.18 bits per heavy atom. The zero-order valence-corrected chi connectivity index (χ0v) is 15.2. The number of imidazole rings is 1. The number of hydrogen-bond acceptors (Lipinski definition) is 5. The van der Waals surface area contributed by atoms with E-state index in [2.05, 4.69) is 20.3 Å². The van der Waals surface area contributed by atoms with Gasteiger partial charge in [0.05, 0.1) is 12.8 Å². The average molecular weight is 377 g/mol. The first-order chi connectivity index (χ1) is 13.5. The van der Waals surface area contributed by atoms with Crippen molar-refractivity contribution < 1.29 is 13.9 Å². The molecule has 4 aromatic rings. The Morgan fingerprint density at radius 3 is 2.86 bits per heavy atom. The van der Waals surface area contributed by atoms with Crippen LogP contribution in [0.15, 0.2) is 55.1 Å². The van der Waals surface area contributed by atoms with Gasteiger partial charge in [0.1, 0.15) is 35.1 Å². The fourth-order valence-electron chi connectivity index (χ4n) is 2.83. The molecule has 0 unspecified atom stereocenters. The number of hydrogen-bond donors (Lipinski definition) is 1. The zero-order chi connectivity index (χ0) is 19.7. The third-order valence-electron chi connectivity index (χ3n) is 4.19. The number of nitrogens with one attached hydrogen (secondary N) is 1. The molecule has 1 amide bonds. The molecule has 0 radical (unpaired) electrons. The minimum absolute atomic E-state index is 0.258. The Kier molecular flexibility index (Phi) is 4.44. The van der Waals surface area contributed by atoms with Crippen LogP contribution in [0.5, 0.6) is 5.75 Å². The minimum atomic E-state index is -0.417. The van der Waals surface area contributed by atoms with Gasteiger partial charge in [0.25, 0.3) is 5.91 Å². The van der Waals surface area contributed by atoms with Crippen molar-refractivity contribution in [1.29, 1.82) is 0 Å². The largest absolute Gasteiger partial charge is 0.496 e. The first kappa shape index (κ1) is 17.6. The molecule has 0 aliphatic heterocycles. The van der Waals surface area contributed by atoms with Crippen LogP contribution in [0.3, 0.4) is 0 Å². The maximum atomic E-state index is 13.7. The number of aryl methyl sites for hydroxylation is 1. The molecule has 8 heteroatoms. The lowest BCUT2D eigenvalue weighted by Crippen LogP contribution is -2.13. The highest BCUT2D eigenvalue weighted by atomic mass is 19.1. The molecule has 3 heterocycles. The lowest BCUT2D eigenvalue weighted by atomic mass is 10.1. The van der Waals surface area contributed by atoms with Crippen LogP contribution in [0.4, 0.5) is 10.2 Å². The van der Waals surface area contributed by atoms with Crippen LogP contribution in [-0.4, -0.2) is 32.4 Å². The molecular weight excluding hydrogens is 361 g/mol. The molecular formula is C20H16FN5O2. The molecule has 4 rings (SSSR count). The number of benzene rings is 1. The van der Waals surface area contributed by atoms with Crippen molar-refractivity contribution in [2.24, 2.45) is 0 Å². The van der Waals surface area contributed by atoms with Gasteiger partial charge < -0.3 is 14.5 Å². The highest BCUT2D eigenvalue weighted by Crippen LogP contribution is 2.30. The zero-order valence-electron chi connectivity index (χ0n) is 15.2. The third-order valence-corrected chi connectivity index (χ3v) is 4.19. The van der Waals surface area contributed by atoms with E-state index in [1.165, 1.54) is 31.6 Å². The van der Waals surface area contributed by atoms with Gasteiger partial charge in [-0.05, 0) is 42.8 Å². The monoisotopic (exact) mass is 377 g/mol. The van der Waals surface area contributed by atoms with Crippen molar-refractivity contribution in [3.8, 4) is 17.0 Å². The van der Waals surface area contributed by atoms with E-state index >= 15 is 0 Å². The molecule has 0 spiro atoms. The van der Waals surface area contributed by atoms with Crippen LogP contribution in [0.1, 0.15) is 16.1 Å². The summed E-state index contributed by atoms with van der Waals surface area (Å²) in [7, 11) is 1.49. The Labute approximate surface area is 159 Å². The molecule has 1 N–H and O–H groups in total. The van der Waals surface area contributed by atoms with Crippen molar-refractivity contribution in [3.05, 3.63) is 72.2 Å². The normalized spacial score (nSPS) is 10.8. The molecule has 0 fully saturated rings. The van der Waals surface area contributed by atoms with Crippen LogP contribution in [0.2, 0.25) is 0 Å². The Morgan fingerprint density at radius 2 is 2.04 bits per heavy atom. The van der Waals surface area contributed by atoms with Gasteiger partial charge in [-0.2, -0.15) is 0 Å². The summed E-state index contributed by atoms with van der Waals surface area (Å²) in [5.74, 6) is -0.0835. The maximum Gasteiger partial charge on any atom is 0.277 e. The van der Waals surface area contributed by atoms with Gasteiger partial charge in [-0.3, -0.25) is 4.79 Å². The molecule has 7 nitrogen and oxygen atoms in total. The molecule has 0 saturated carbocycles. The van der Waals surface area contributed by atoms with E-state index in [1.54, 1.807) is 16.7 Å². The summed E-state index contributed by atoms with van der Waals surface area (Å²) in [5, 5.41) is 2.70. The van der Waals surface area contributed by atoms with Gasteiger partial charge >= 0.3 is 0 Å². The van der Waals surface area contributed by atoms with E-state index in [-0.39, 0.29) is 11.5 Å². The number of rotatable bonds is 4. The molecule has 140 valence electrons. The number of aromatic nitrogens is 4. The van der Waals surface area contributed by atoms with Crippen LogP contribution in [0, 0.1) is 12.7 Å². The summed E-state index contributed by atoms with van der Waals surface area (Å²) in [4.78, 5) is 25.1. The van der Waals surface area contributed by atoms with E-state index in [9.17, 15) is 9.18 Å². The number of pyridine rings is 1. The summed E-state index contributed by atoms with van der Waals surface area (Å²) in [6.45, 7) is 1.96. The van der Waals surface area contributed by atoms with Crippen LogP contribution in [-0.2, 0) is 0 Å². The Hall–Kier alpha value is -3.81. The van der Waals surface area contributed by atoms with Gasteiger partial charge in [0, 0.05) is 24.0 Å². The number of fused-ring (bicyclic) bond motifs is 1. The average Bonchev–Trinajstić information content (AvgIpc) is 3.11. The topological polar surface area (TPSA) is 81.4 Å². The minimum Gasteiger partial charge on any atom is -0.496 e. The second kappa shape index (κ2) is 7.07. The number of amides is 1. The predicted molar refractivity (Wildman–Crippen MR) is 102 cm³/mol. The van der Waals surface area contributed by atoms with E-state index in [1.807, 2.05) is 25.3 Å². The van der Waals surface area contributed by atoms with Gasteiger partial charge in [-0.25, -0.2) is 19.3 Å². The first-order valence-corrected chi connectivity index (χ1v) is 8.46. The highest BCUT2D eigenvalue weighted by molar-refractivity contribution is 6.02. The number of nitrogens with zero attached hydrogens (tertiary/aromatic N) is 4. The third kappa shape index (κ3) is 3.39. The molecule has 0 atom stereocenters. The van der Waals surface area contributed by atoms with E-state index < -0.39 is 11.7 Å². The van der Waals surface area contributed by atoms with Gasteiger partial charge in [0.2, 0.25) is 0 Å². The summed E-state index contributed by atoms with van der Waals surface area (Å²) in [6.07, 6.45) is 4.78. The molecule has 0 bridgehead atoms. The van der Waals surface area contributed by atoms with Crippen molar-refractivity contribution in [2.45, 2.75) is 6.92 Å². The van der Waals surface area contributed by atoms with Crippen LogP contribution >= 0.6 is 0 Å². The summed E-state index contributed by atoms with van der Waals surface area (Å²) >= 11 is 0. The van der Waals surface area contributed by atoms with Crippen molar-refractivity contribution in [2.75, 3.05) is 12.4 Å². The quantitative estimate of drug-likeness (QED) is 0.589. The van der Waals surface area contributed by atoms with E-state index in [4.69, 9.17) is 4.74 Å². The van der Waals surface area contributed by atoms with Crippen molar-refractivity contribution in [1.82, 2.24) is 19.4 Å². The number of methoxy groups -OCH3 is 1. The second-order valence-corrected chi connectivity index (χ2v) is 6.18. The predicted octanol–water partition coefficient (Wildman–Crippen LogP) is 3.50. The summed E-state index contributed by atoms with van der Waals surface area (Å²) in [5.41, 5.74) is 2.87. The molecule has 0 aliphatic rings. The number of halogens is 1. The Bertz CT molecular complexity index is 1190. The molecule has 0 saturated heterocycles. The van der Waals surface area contributed by atoms with Crippen LogP contribution < -0.4 is 10.1 Å². The smallest absolute Gasteiger partial charge is 0.277 e. The number of carbonyl (C=O) groups is 1. The number of carbonyl (C=O) groups excluding carboxylic acids is 1. The van der Waals surface area contributed by atoms with Gasteiger partial charge in [0.15, 0.2) is 0 Å². The molecule has 3 aromatic heterocycles. The lowest BCUT2D eigenvalue weighted by Gasteiger charge is -2.09. The van der Waals surface area contributed by atoms with E-state index in [0.29, 0.717) is 22.7 Å². The summed E-state index contributed by atoms with van der Waals surface area (Å²) in [6, 6.07) is 9.50.